The van der Waals surface area contributed by atoms with Crippen molar-refractivity contribution in [3.8, 4) is 22.8 Å². The van der Waals surface area contributed by atoms with Crippen LogP contribution in [0.4, 0.5) is 0 Å². The van der Waals surface area contributed by atoms with Gasteiger partial charge in [0.15, 0.2) is 0 Å². The van der Waals surface area contributed by atoms with Crippen molar-refractivity contribution in [2.24, 2.45) is 5.92 Å². The number of nitrogens with zero attached hydrogens (tertiary/aromatic N) is 2. The van der Waals surface area contributed by atoms with Gasteiger partial charge >= 0.3 is 0 Å². The molecule has 3 heterocycles. The number of ether oxygens (including phenoxy) is 1. The number of carbonyl (C=O) groups is 1. The van der Waals surface area contributed by atoms with Crippen molar-refractivity contribution in [3.05, 3.63) is 89.5 Å². The van der Waals surface area contributed by atoms with Crippen LogP contribution in [-0.2, 0) is 6.54 Å². The van der Waals surface area contributed by atoms with Gasteiger partial charge in [-0.05, 0) is 54.3 Å². The van der Waals surface area contributed by atoms with E-state index in [0.29, 0.717) is 41.8 Å². The van der Waals surface area contributed by atoms with E-state index in [1.807, 2.05) is 42.5 Å². The maximum Gasteiger partial charge on any atom is 0.273 e. The Bertz CT molecular complexity index is 1290. The van der Waals surface area contributed by atoms with Gasteiger partial charge in [0.05, 0.1) is 25.5 Å². The van der Waals surface area contributed by atoms with E-state index in [1.54, 1.807) is 29.4 Å². The van der Waals surface area contributed by atoms with Gasteiger partial charge in [0.25, 0.3) is 5.91 Å². The van der Waals surface area contributed by atoms with Gasteiger partial charge < -0.3 is 19.2 Å². The Morgan fingerprint density at radius 1 is 1.15 bits per heavy atom. The van der Waals surface area contributed by atoms with Crippen molar-refractivity contribution >= 4 is 5.91 Å². The molecule has 1 amide bonds. The van der Waals surface area contributed by atoms with Gasteiger partial charge in [0.1, 0.15) is 28.6 Å². The van der Waals surface area contributed by atoms with Crippen molar-refractivity contribution in [2.75, 3.05) is 6.61 Å². The van der Waals surface area contributed by atoms with E-state index in [0.717, 1.165) is 23.3 Å². The number of rotatable bonds is 8. The van der Waals surface area contributed by atoms with Gasteiger partial charge in [0, 0.05) is 11.1 Å². The van der Waals surface area contributed by atoms with Crippen LogP contribution in [0.5, 0.6) is 11.5 Å². The topological polar surface area (TPSA) is 91.6 Å². The van der Waals surface area contributed by atoms with Crippen molar-refractivity contribution in [1.82, 2.24) is 15.1 Å². The number of carbonyl (C=O) groups excluding carboxylic acids is 1. The summed E-state index contributed by atoms with van der Waals surface area (Å²) in [5, 5.41) is 17.9. The van der Waals surface area contributed by atoms with Crippen LogP contribution in [0.15, 0.2) is 71.3 Å². The molecule has 34 heavy (non-hydrogen) atoms. The Morgan fingerprint density at radius 3 is 2.76 bits per heavy atom. The summed E-state index contributed by atoms with van der Waals surface area (Å²) in [6, 6.07) is 18.1. The van der Waals surface area contributed by atoms with Gasteiger partial charge in [-0.2, -0.15) is 5.10 Å². The second-order valence-electron chi connectivity index (χ2n) is 8.90. The number of fused-ring (bicyclic) bond motifs is 1. The second-order valence-corrected chi connectivity index (χ2v) is 8.90. The number of phenolic OH excluding ortho intramolecular Hbond substituents is 1. The van der Waals surface area contributed by atoms with E-state index >= 15 is 0 Å². The second kappa shape index (κ2) is 9.09. The summed E-state index contributed by atoms with van der Waals surface area (Å²) in [6.45, 7) is 5.26. The monoisotopic (exact) mass is 457 g/mol. The highest BCUT2D eigenvalue weighted by Crippen LogP contribution is 2.45. The predicted molar refractivity (Wildman–Crippen MR) is 128 cm³/mol. The van der Waals surface area contributed by atoms with Crippen molar-refractivity contribution in [1.29, 1.82) is 0 Å². The SMILES string of the molecule is CC(C)CCOc1cccc([C@H]2c3c(-c4ccccc4O)n[nH]c3C(=O)N2Cc2ccco2)c1. The summed E-state index contributed by atoms with van der Waals surface area (Å²) >= 11 is 0. The number of aromatic nitrogens is 2. The molecular weight excluding hydrogens is 430 g/mol. The maximum absolute atomic E-state index is 13.5. The van der Waals surface area contributed by atoms with E-state index in [9.17, 15) is 9.90 Å². The fourth-order valence-corrected chi connectivity index (χ4v) is 4.34. The summed E-state index contributed by atoms with van der Waals surface area (Å²) in [6.07, 6.45) is 2.56. The van der Waals surface area contributed by atoms with E-state index in [-0.39, 0.29) is 11.7 Å². The summed E-state index contributed by atoms with van der Waals surface area (Å²) in [5.74, 6) is 1.93. The zero-order chi connectivity index (χ0) is 23.7. The third kappa shape index (κ3) is 4.05. The molecule has 1 aliphatic rings. The van der Waals surface area contributed by atoms with Crippen molar-refractivity contribution in [3.63, 3.8) is 0 Å². The maximum atomic E-state index is 13.5. The number of H-pyrrole nitrogens is 1. The van der Waals surface area contributed by atoms with E-state index in [1.165, 1.54) is 0 Å². The van der Waals surface area contributed by atoms with Crippen LogP contribution in [0.2, 0.25) is 0 Å². The number of para-hydroxylation sites is 1. The first kappa shape index (κ1) is 21.8. The summed E-state index contributed by atoms with van der Waals surface area (Å²) in [7, 11) is 0. The van der Waals surface area contributed by atoms with Crippen LogP contribution >= 0.6 is 0 Å². The summed E-state index contributed by atoms with van der Waals surface area (Å²) in [5.41, 5.74) is 3.18. The zero-order valence-corrected chi connectivity index (χ0v) is 19.2. The quantitative estimate of drug-likeness (QED) is 0.362. The fourth-order valence-electron chi connectivity index (χ4n) is 4.34. The number of hydrogen-bond acceptors (Lipinski definition) is 5. The van der Waals surface area contributed by atoms with Crippen LogP contribution in [0.1, 0.15) is 53.7 Å². The standard InChI is InChI=1S/C27H27N3O4/c1-17(2)12-14-34-19-8-5-7-18(15-19)26-23-24(21-10-3-4-11-22(21)31)28-29-25(23)27(32)30(26)16-20-9-6-13-33-20/h3-11,13,15,17,26,31H,12,14,16H2,1-2H3,(H,28,29)/t26-/m0/s1. The van der Waals surface area contributed by atoms with E-state index < -0.39 is 6.04 Å². The molecule has 0 saturated carbocycles. The number of aromatic hydroxyl groups is 1. The van der Waals surface area contributed by atoms with Crippen molar-refractivity contribution in [2.45, 2.75) is 32.9 Å². The molecule has 0 bridgehead atoms. The average Bonchev–Trinajstić information content (AvgIpc) is 3.54. The Kier molecular flexibility index (Phi) is 5.84. The molecule has 4 aromatic rings. The van der Waals surface area contributed by atoms with Crippen LogP contribution in [0.3, 0.4) is 0 Å². The lowest BCUT2D eigenvalue weighted by Crippen LogP contribution is -2.29. The van der Waals surface area contributed by atoms with Gasteiger partial charge in [-0.25, -0.2) is 0 Å². The smallest absolute Gasteiger partial charge is 0.273 e. The Balaban J connectivity index is 1.58. The lowest BCUT2D eigenvalue weighted by molar-refractivity contribution is 0.0716. The predicted octanol–water partition coefficient (Wildman–Crippen LogP) is 5.55. The number of amides is 1. The molecule has 2 N–H and O–H groups in total. The molecule has 0 radical (unpaired) electrons. The highest BCUT2D eigenvalue weighted by molar-refractivity contribution is 6.00. The normalized spacial score (nSPS) is 15.2. The lowest BCUT2D eigenvalue weighted by Gasteiger charge is -2.26. The van der Waals surface area contributed by atoms with Crippen LogP contribution in [0, 0.1) is 5.92 Å². The molecule has 2 aromatic carbocycles. The van der Waals surface area contributed by atoms with Crippen molar-refractivity contribution < 1.29 is 19.1 Å². The van der Waals surface area contributed by atoms with Gasteiger partial charge in [-0.15, -0.1) is 0 Å². The summed E-state index contributed by atoms with van der Waals surface area (Å²) in [4.78, 5) is 15.2. The fraction of sp³-hybridized carbons (Fsp3) is 0.259. The third-order valence-electron chi connectivity index (χ3n) is 6.07. The molecule has 5 rings (SSSR count). The largest absolute Gasteiger partial charge is 0.507 e. The number of phenols is 1. The Labute approximate surface area is 198 Å². The third-order valence-corrected chi connectivity index (χ3v) is 6.07. The highest BCUT2D eigenvalue weighted by atomic mass is 16.5. The first-order valence-electron chi connectivity index (χ1n) is 11.5. The molecule has 1 aliphatic heterocycles. The van der Waals surface area contributed by atoms with Crippen LogP contribution in [-0.4, -0.2) is 32.7 Å². The number of benzene rings is 2. The van der Waals surface area contributed by atoms with E-state index in [4.69, 9.17) is 9.15 Å². The number of nitrogens with one attached hydrogen (secondary N) is 1. The lowest BCUT2D eigenvalue weighted by atomic mass is 9.95. The van der Waals surface area contributed by atoms with Gasteiger partial charge in [-0.1, -0.05) is 38.1 Å². The molecular formula is C27H27N3O4. The Morgan fingerprint density at radius 2 is 2.00 bits per heavy atom. The van der Waals surface area contributed by atoms with Gasteiger partial charge in [0.2, 0.25) is 0 Å². The summed E-state index contributed by atoms with van der Waals surface area (Å²) < 4.78 is 11.6. The highest BCUT2D eigenvalue weighted by Gasteiger charge is 2.43. The first-order valence-corrected chi connectivity index (χ1v) is 11.5. The molecule has 1 atom stereocenters. The average molecular weight is 458 g/mol. The molecule has 0 saturated heterocycles. The molecule has 0 unspecified atom stereocenters. The van der Waals surface area contributed by atoms with Crippen LogP contribution < -0.4 is 4.74 Å². The number of aromatic amines is 1. The minimum absolute atomic E-state index is 0.109. The Hall–Kier alpha value is -4.00. The van der Waals surface area contributed by atoms with Crippen LogP contribution in [0.25, 0.3) is 11.3 Å². The molecule has 7 nitrogen and oxygen atoms in total. The number of hydrogen-bond donors (Lipinski definition) is 2. The zero-order valence-electron chi connectivity index (χ0n) is 19.2. The molecule has 2 aromatic heterocycles. The van der Waals surface area contributed by atoms with Gasteiger partial charge in [-0.3, -0.25) is 9.89 Å². The molecule has 174 valence electrons. The minimum Gasteiger partial charge on any atom is -0.507 e. The molecule has 7 heteroatoms. The first-order chi connectivity index (χ1) is 16.5. The van der Waals surface area contributed by atoms with E-state index in [2.05, 4.69) is 24.0 Å². The number of furan rings is 1. The molecule has 0 spiro atoms. The molecule has 0 fully saturated rings. The molecule has 0 aliphatic carbocycles. The minimum atomic E-state index is -0.422.